The first-order valence-electron chi connectivity index (χ1n) is 7.55. The fourth-order valence-electron chi connectivity index (χ4n) is 3.28. The number of hydrogen-bond donors (Lipinski definition) is 1. The Morgan fingerprint density at radius 1 is 1.35 bits per heavy atom. The van der Waals surface area contributed by atoms with Gasteiger partial charge in [-0.15, -0.1) is 0 Å². The highest BCUT2D eigenvalue weighted by Crippen LogP contribution is 2.37. The number of nitrogens with two attached hydrogens (primary N) is 1. The second-order valence-electron chi connectivity index (χ2n) is 6.59. The molecule has 0 atom stereocenters. The summed E-state index contributed by atoms with van der Waals surface area (Å²) in [5.41, 5.74) is 7.89. The fourth-order valence-corrected chi connectivity index (χ4v) is 3.87. The van der Waals surface area contributed by atoms with Gasteiger partial charge in [0.15, 0.2) is 0 Å². The lowest BCUT2D eigenvalue weighted by Gasteiger charge is -2.39. The first-order chi connectivity index (χ1) is 9.43. The highest BCUT2D eigenvalue weighted by Gasteiger charge is 2.32. The molecule has 1 fully saturated rings. The van der Waals surface area contributed by atoms with Gasteiger partial charge in [0.05, 0.1) is 11.6 Å². The van der Waals surface area contributed by atoms with Crippen molar-refractivity contribution in [3.8, 4) is 5.75 Å². The molecule has 1 aliphatic carbocycles. The second-order valence-corrected chi connectivity index (χ2v) is 7.44. The molecule has 0 radical (unpaired) electrons. The topological polar surface area (TPSA) is 35.2 Å². The van der Waals surface area contributed by atoms with Crippen LogP contribution in [0.2, 0.25) is 0 Å². The summed E-state index contributed by atoms with van der Waals surface area (Å²) in [5.74, 6) is 2.52. The second kappa shape index (κ2) is 6.48. The number of ether oxygens (including phenoxy) is 1. The van der Waals surface area contributed by atoms with Crippen molar-refractivity contribution in [1.29, 1.82) is 0 Å². The zero-order valence-electron chi connectivity index (χ0n) is 12.8. The predicted octanol–water partition coefficient (Wildman–Crippen LogP) is 4.54. The molecule has 0 amide bonds. The standard InChI is InChI=1S/C17H26BrNO/c1-12(2)14-6-8-17(19,9-7-14)11-13-4-5-16(20-3)15(18)10-13/h4-5,10,12,14H,6-9,11,19H2,1-3H3. The van der Waals surface area contributed by atoms with Crippen molar-refractivity contribution < 1.29 is 4.74 Å². The maximum Gasteiger partial charge on any atom is 0.133 e. The SMILES string of the molecule is COc1ccc(CC2(N)CCC(C(C)C)CC2)cc1Br. The third-order valence-corrected chi connectivity index (χ3v) is 5.36. The monoisotopic (exact) mass is 339 g/mol. The van der Waals surface area contributed by atoms with Crippen molar-refractivity contribution in [3.63, 3.8) is 0 Å². The van der Waals surface area contributed by atoms with Crippen LogP contribution in [0.15, 0.2) is 22.7 Å². The van der Waals surface area contributed by atoms with Crippen molar-refractivity contribution in [2.75, 3.05) is 7.11 Å². The first-order valence-corrected chi connectivity index (χ1v) is 8.34. The van der Waals surface area contributed by atoms with Gasteiger partial charge in [0.2, 0.25) is 0 Å². The van der Waals surface area contributed by atoms with Crippen LogP contribution < -0.4 is 10.5 Å². The Labute approximate surface area is 131 Å². The molecule has 0 saturated heterocycles. The average molecular weight is 340 g/mol. The molecular formula is C17H26BrNO. The van der Waals surface area contributed by atoms with Crippen molar-refractivity contribution >= 4 is 15.9 Å². The van der Waals surface area contributed by atoms with Crippen LogP contribution in [-0.2, 0) is 6.42 Å². The Morgan fingerprint density at radius 2 is 2.00 bits per heavy atom. The van der Waals surface area contributed by atoms with Crippen LogP contribution in [0.3, 0.4) is 0 Å². The zero-order valence-corrected chi connectivity index (χ0v) is 14.4. The van der Waals surface area contributed by atoms with Gasteiger partial charge in [0.1, 0.15) is 5.75 Å². The molecule has 0 aromatic heterocycles. The molecule has 3 heteroatoms. The van der Waals surface area contributed by atoms with Crippen LogP contribution in [0.5, 0.6) is 5.75 Å². The van der Waals surface area contributed by atoms with Crippen LogP contribution >= 0.6 is 15.9 Å². The molecule has 1 aliphatic rings. The Bertz CT molecular complexity index is 450. The quantitative estimate of drug-likeness (QED) is 0.873. The fraction of sp³-hybridized carbons (Fsp3) is 0.647. The van der Waals surface area contributed by atoms with Crippen LogP contribution in [-0.4, -0.2) is 12.6 Å². The van der Waals surface area contributed by atoms with Crippen molar-refractivity contribution in [1.82, 2.24) is 0 Å². The van der Waals surface area contributed by atoms with Crippen LogP contribution in [0.4, 0.5) is 0 Å². The normalized spacial score (nSPS) is 26.8. The summed E-state index contributed by atoms with van der Waals surface area (Å²) >= 11 is 3.55. The van der Waals surface area contributed by atoms with E-state index in [4.69, 9.17) is 10.5 Å². The molecule has 2 rings (SSSR count). The Kier molecular flexibility index (Phi) is 5.14. The van der Waals surface area contributed by atoms with E-state index in [9.17, 15) is 0 Å². The minimum Gasteiger partial charge on any atom is -0.496 e. The van der Waals surface area contributed by atoms with E-state index in [2.05, 4.69) is 41.9 Å². The highest BCUT2D eigenvalue weighted by atomic mass is 79.9. The molecule has 0 spiro atoms. The van der Waals surface area contributed by atoms with Crippen LogP contribution in [0, 0.1) is 11.8 Å². The Balaban J connectivity index is 2.01. The molecule has 2 nitrogen and oxygen atoms in total. The third kappa shape index (κ3) is 3.76. The van der Waals surface area contributed by atoms with Crippen molar-refractivity contribution in [2.45, 2.75) is 51.5 Å². The smallest absolute Gasteiger partial charge is 0.133 e. The lowest BCUT2D eigenvalue weighted by Crippen LogP contribution is -2.45. The lowest BCUT2D eigenvalue weighted by molar-refractivity contribution is 0.194. The van der Waals surface area contributed by atoms with Gasteiger partial charge in [0.25, 0.3) is 0 Å². The van der Waals surface area contributed by atoms with E-state index in [1.54, 1.807) is 7.11 Å². The van der Waals surface area contributed by atoms with Gasteiger partial charge in [-0.3, -0.25) is 0 Å². The van der Waals surface area contributed by atoms with E-state index in [1.807, 2.05) is 6.07 Å². The van der Waals surface area contributed by atoms with E-state index >= 15 is 0 Å². The molecule has 1 aromatic rings. The summed E-state index contributed by atoms with van der Waals surface area (Å²) in [6, 6.07) is 6.29. The summed E-state index contributed by atoms with van der Waals surface area (Å²) in [4.78, 5) is 0. The predicted molar refractivity (Wildman–Crippen MR) is 88.1 cm³/mol. The van der Waals surface area contributed by atoms with Gasteiger partial charge < -0.3 is 10.5 Å². The number of halogens is 1. The summed E-state index contributed by atoms with van der Waals surface area (Å²) in [7, 11) is 1.69. The molecule has 0 aliphatic heterocycles. The van der Waals surface area contributed by atoms with E-state index in [0.29, 0.717) is 0 Å². The molecule has 0 heterocycles. The minimum absolute atomic E-state index is 0.0284. The van der Waals surface area contributed by atoms with E-state index in [1.165, 1.54) is 18.4 Å². The highest BCUT2D eigenvalue weighted by molar-refractivity contribution is 9.10. The number of hydrogen-bond acceptors (Lipinski definition) is 2. The molecule has 2 N–H and O–H groups in total. The molecule has 0 bridgehead atoms. The van der Waals surface area contributed by atoms with Gasteiger partial charge in [-0.05, 0) is 77.6 Å². The van der Waals surface area contributed by atoms with Crippen LogP contribution in [0.25, 0.3) is 0 Å². The molecule has 20 heavy (non-hydrogen) atoms. The molecule has 1 aromatic carbocycles. The van der Waals surface area contributed by atoms with Gasteiger partial charge in [-0.1, -0.05) is 19.9 Å². The third-order valence-electron chi connectivity index (χ3n) is 4.74. The summed E-state index contributed by atoms with van der Waals surface area (Å²) in [5, 5.41) is 0. The largest absolute Gasteiger partial charge is 0.496 e. The summed E-state index contributed by atoms with van der Waals surface area (Å²) in [6.45, 7) is 4.66. The number of rotatable bonds is 4. The summed E-state index contributed by atoms with van der Waals surface area (Å²) < 4.78 is 6.29. The van der Waals surface area contributed by atoms with Crippen molar-refractivity contribution in [3.05, 3.63) is 28.2 Å². The Hall–Kier alpha value is -0.540. The van der Waals surface area contributed by atoms with E-state index in [0.717, 1.165) is 41.3 Å². The maximum absolute atomic E-state index is 6.63. The zero-order chi connectivity index (χ0) is 14.8. The minimum atomic E-state index is -0.0284. The summed E-state index contributed by atoms with van der Waals surface area (Å²) in [6.07, 6.45) is 5.77. The number of benzene rings is 1. The Morgan fingerprint density at radius 3 is 2.50 bits per heavy atom. The van der Waals surface area contributed by atoms with Gasteiger partial charge in [-0.25, -0.2) is 0 Å². The molecular weight excluding hydrogens is 314 g/mol. The van der Waals surface area contributed by atoms with Gasteiger partial charge in [0, 0.05) is 5.54 Å². The number of methoxy groups -OCH3 is 1. The molecule has 112 valence electrons. The average Bonchev–Trinajstić information content (AvgIpc) is 2.39. The lowest BCUT2D eigenvalue weighted by atomic mass is 9.71. The maximum atomic E-state index is 6.63. The molecule has 1 saturated carbocycles. The van der Waals surface area contributed by atoms with Crippen LogP contribution in [0.1, 0.15) is 45.1 Å². The van der Waals surface area contributed by atoms with E-state index < -0.39 is 0 Å². The van der Waals surface area contributed by atoms with E-state index in [-0.39, 0.29) is 5.54 Å². The van der Waals surface area contributed by atoms with Crippen molar-refractivity contribution in [2.24, 2.45) is 17.6 Å². The van der Waals surface area contributed by atoms with Gasteiger partial charge >= 0.3 is 0 Å². The molecule has 0 unspecified atom stereocenters. The first kappa shape index (κ1) is 15.8. The van der Waals surface area contributed by atoms with Gasteiger partial charge in [-0.2, -0.15) is 0 Å².